The summed E-state index contributed by atoms with van der Waals surface area (Å²) in [5.74, 6) is 0. The smallest absolute Gasteiger partial charge is 0.0540 e. The van der Waals surface area contributed by atoms with Gasteiger partial charge in [-0.05, 0) is 119 Å². The van der Waals surface area contributed by atoms with Crippen LogP contribution in [0.5, 0.6) is 0 Å². The number of hydrogen-bond acceptors (Lipinski definition) is 3. The van der Waals surface area contributed by atoms with Gasteiger partial charge >= 0.3 is 0 Å². The number of benzene rings is 10. The predicted octanol–water partition coefficient (Wildman–Crippen LogP) is 17.1. The first-order valence-corrected chi connectivity index (χ1v) is 21.4. The summed E-state index contributed by atoms with van der Waals surface area (Å²) in [6, 6.07) is 97.4. The van der Waals surface area contributed by atoms with Gasteiger partial charge in [-0.15, -0.1) is 0 Å². The maximum atomic E-state index is 2.41. The third-order valence-electron chi connectivity index (χ3n) is 11.4. The monoisotopic (exact) mass is 807 g/mol. The Morgan fingerprint density at radius 1 is 0.175 bits per heavy atom. The highest BCUT2D eigenvalue weighted by atomic mass is 15.2. The van der Waals surface area contributed by atoms with Gasteiger partial charge < -0.3 is 14.7 Å². The fraction of sp³-hybridized carbons (Fsp3) is 0. The number of rotatable bonds is 12. The van der Waals surface area contributed by atoms with Crippen LogP contribution < -0.4 is 14.7 Å². The minimum Gasteiger partial charge on any atom is -0.310 e. The molecule has 0 spiro atoms. The summed E-state index contributed by atoms with van der Waals surface area (Å²) in [6.07, 6.45) is 0. The van der Waals surface area contributed by atoms with Crippen LogP contribution in [0.25, 0.3) is 33.4 Å². The first kappa shape index (κ1) is 38.8. The third-order valence-corrected chi connectivity index (χ3v) is 11.4. The topological polar surface area (TPSA) is 9.72 Å². The summed E-state index contributed by atoms with van der Waals surface area (Å²) in [7, 11) is 0. The van der Waals surface area contributed by atoms with Crippen molar-refractivity contribution in [2.45, 2.75) is 0 Å². The summed E-state index contributed by atoms with van der Waals surface area (Å²) in [6.45, 7) is 0. The van der Waals surface area contributed by atoms with Crippen molar-refractivity contribution in [1.29, 1.82) is 0 Å². The molecule has 10 aromatic rings. The van der Waals surface area contributed by atoms with E-state index in [1.165, 1.54) is 11.1 Å². The van der Waals surface area contributed by atoms with Crippen LogP contribution in [-0.4, -0.2) is 0 Å². The molecule has 10 rings (SSSR count). The molecule has 300 valence electrons. The van der Waals surface area contributed by atoms with E-state index in [0.29, 0.717) is 0 Å². The molecule has 0 saturated heterocycles. The third kappa shape index (κ3) is 8.37. The Morgan fingerprint density at radius 2 is 0.460 bits per heavy atom. The number of anilines is 9. The van der Waals surface area contributed by atoms with Gasteiger partial charge in [0.05, 0.1) is 5.69 Å². The van der Waals surface area contributed by atoms with Crippen molar-refractivity contribution in [2.24, 2.45) is 0 Å². The first-order chi connectivity index (χ1) is 31.3. The van der Waals surface area contributed by atoms with Gasteiger partial charge in [0.25, 0.3) is 0 Å². The van der Waals surface area contributed by atoms with Gasteiger partial charge in [0.15, 0.2) is 0 Å². The van der Waals surface area contributed by atoms with Crippen LogP contribution in [-0.2, 0) is 0 Å². The van der Waals surface area contributed by atoms with Crippen molar-refractivity contribution >= 4 is 51.2 Å². The molecule has 0 aliphatic carbocycles. The van der Waals surface area contributed by atoms with E-state index in [9.17, 15) is 0 Å². The van der Waals surface area contributed by atoms with Crippen molar-refractivity contribution in [3.05, 3.63) is 273 Å². The first-order valence-electron chi connectivity index (χ1n) is 21.4. The maximum Gasteiger partial charge on any atom is 0.0540 e. The minimum absolute atomic E-state index is 1.03. The number of hydrogen-bond donors (Lipinski definition) is 0. The molecule has 0 radical (unpaired) electrons. The van der Waals surface area contributed by atoms with Crippen molar-refractivity contribution in [3.63, 3.8) is 0 Å². The van der Waals surface area contributed by atoms with Crippen molar-refractivity contribution in [2.75, 3.05) is 14.7 Å². The van der Waals surface area contributed by atoms with E-state index >= 15 is 0 Å². The highest BCUT2D eigenvalue weighted by Gasteiger charge is 2.22. The number of para-hydroxylation sites is 3. The molecule has 0 unspecified atom stereocenters. The summed E-state index contributed by atoms with van der Waals surface area (Å²) >= 11 is 0. The molecular weight excluding hydrogens is 763 g/mol. The minimum atomic E-state index is 1.03. The van der Waals surface area contributed by atoms with Gasteiger partial charge in [0.2, 0.25) is 0 Å². The molecule has 0 aliphatic heterocycles. The zero-order valence-corrected chi connectivity index (χ0v) is 34.8. The lowest BCUT2D eigenvalue weighted by atomic mass is 10.0. The van der Waals surface area contributed by atoms with E-state index in [1.54, 1.807) is 0 Å². The zero-order chi connectivity index (χ0) is 42.2. The fourth-order valence-electron chi connectivity index (χ4n) is 8.46. The zero-order valence-electron chi connectivity index (χ0n) is 34.8. The molecule has 63 heavy (non-hydrogen) atoms. The van der Waals surface area contributed by atoms with Gasteiger partial charge in [0, 0.05) is 51.1 Å². The van der Waals surface area contributed by atoms with Crippen LogP contribution in [0.4, 0.5) is 51.2 Å². The average Bonchev–Trinajstić information content (AvgIpc) is 3.36. The summed E-state index contributed by atoms with van der Waals surface area (Å²) in [5, 5.41) is 0. The van der Waals surface area contributed by atoms with Crippen molar-refractivity contribution in [3.8, 4) is 33.4 Å². The molecule has 3 heteroatoms. The second-order valence-corrected chi connectivity index (χ2v) is 15.4. The standard InChI is InChI=1S/C60H45N3/c1-6-22-46(23-7-1)49-28-18-34-53(42-49)61(51-30-12-4-13-31-51)55-36-20-38-57(44-55)63(60-41-17-16-40-59(60)48-26-10-3-11-27-48)58-39-21-37-56(45-58)62(52-32-14-5-15-33-52)54-35-19-29-50(43-54)47-24-8-2-9-25-47/h1-45H. The Kier molecular flexibility index (Phi) is 11.1. The van der Waals surface area contributed by atoms with E-state index in [1.807, 2.05) is 0 Å². The van der Waals surface area contributed by atoms with Crippen LogP contribution in [0.15, 0.2) is 273 Å². The maximum absolute atomic E-state index is 2.41. The summed E-state index contributed by atoms with van der Waals surface area (Å²) < 4.78 is 0. The van der Waals surface area contributed by atoms with Gasteiger partial charge in [-0.1, -0.05) is 182 Å². The van der Waals surface area contributed by atoms with Gasteiger partial charge in [-0.3, -0.25) is 0 Å². The molecule has 0 saturated carbocycles. The molecule has 0 heterocycles. The largest absolute Gasteiger partial charge is 0.310 e. The van der Waals surface area contributed by atoms with Gasteiger partial charge in [-0.2, -0.15) is 0 Å². The van der Waals surface area contributed by atoms with E-state index in [4.69, 9.17) is 0 Å². The molecule has 0 bridgehead atoms. The van der Waals surface area contributed by atoms with Crippen molar-refractivity contribution < 1.29 is 0 Å². The molecule has 10 aromatic carbocycles. The second-order valence-electron chi connectivity index (χ2n) is 15.4. The summed E-state index contributed by atoms with van der Waals surface area (Å²) in [5.41, 5.74) is 16.5. The van der Waals surface area contributed by atoms with Crippen LogP contribution in [0, 0.1) is 0 Å². The Labute approximate surface area is 370 Å². The molecule has 3 nitrogen and oxygen atoms in total. The molecule has 0 N–H and O–H groups in total. The summed E-state index contributed by atoms with van der Waals surface area (Å²) in [4.78, 5) is 7.11. The Balaban J connectivity index is 1.15. The lowest BCUT2D eigenvalue weighted by molar-refractivity contribution is 1.24. The van der Waals surface area contributed by atoms with E-state index in [2.05, 4.69) is 288 Å². The van der Waals surface area contributed by atoms with Gasteiger partial charge in [0.1, 0.15) is 0 Å². The van der Waals surface area contributed by atoms with Crippen molar-refractivity contribution in [1.82, 2.24) is 0 Å². The highest BCUT2D eigenvalue weighted by Crippen LogP contribution is 2.46. The fourth-order valence-corrected chi connectivity index (χ4v) is 8.46. The predicted molar refractivity (Wildman–Crippen MR) is 267 cm³/mol. The number of nitrogens with zero attached hydrogens (tertiary/aromatic N) is 3. The Bertz CT molecular complexity index is 2890. The highest BCUT2D eigenvalue weighted by molar-refractivity contribution is 5.92. The Hall–Kier alpha value is -8.40. The average molecular weight is 808 g/mol. The SMILES string of the molecule is c1ccc(-c2cccc(N(c3ccccc3)c3cccc(N(c4cccc(N(c5ccccc5)c5cccc(-c6ccccc6)c5)c4)c4ccccc4-c4ccccc4)c3)c2)cc1. The van der Waals surface area contributed by atoms with Gasteiger partial charge in [-0.25, -0.2) is 0 Å². The molecular formula is C60H45N3. The lowest BCUT2D eigenvalue weighted by Gasteiger charge is -2.32. The van der Waals surface area contributed by atoms with Crippen LogP contribution >= 0.6 is 0 Å². The molecule has 0 amide bonds. The van der Waals surface area contributed by atoms with Crippen LogP contribution in [0.1, 0.15) is 0 Å². The van der Waals surface area contributed by atoms with E-state index in [-0.39, 0.29) is 0 Å². The van der Waals surface area contributed by atoms with E-state index < -0.39 is 0 Å². The second kappa shape index (κ2) is 18.1. The molecule has 0 fully saturated rings. The quantitative estimate of drug-likeness (QED) is 0.122. The van der Waals surface area contributed by atoms with Crippen LogP contribution in [0.3, 0.4) is 0 Å². The Morgan fingerprint density at radius 3 is 0.889 bits per heavy atom. The van der Waals surface area contributed by atoms with E-state index in [0.717, 1.165) is 73.4 Å². The molecule has 0 atom stereocenters. The lowest BCUT2D eigenvalue weighted by Crippen LogP contribution is -2.15. The normalized spacial score (nSPS) is 10.9. The molecule has 0 aliphatic rings. The van der Waals surface area contributed by atoms with Crippen LogP contribution in [0.2, 0.25) is 0 Å². The molecule has 0 aromatic heterocycles.